The van der Waals surface area contributed by atoms with Crippen LogP contribution in [0.3, 0.4) is 0 Å². The molecular formula is C10H16N4S. The van der Waals surface area contributed by atoms with Crippen LogP contribution in [-0.2, 0) is 13.0 Å². The molecule has 1 aromatic heterocycles. The molecule has 2 rings (SSSR count). The molecule has 0 radical (unpaired) electrons. The molecule has 5 heteroatoms. The van der Waals surface area contributed by atoms with Crippen LogP contribution in [0.25, 0.3) is 0 Å². The largest absolute Gasteiger partial charge is 0.360 e. The van der Waals surface area contributed by atoms with Crippen LogP contribution in [0.2, 0.25) is 0 Å². The highest BCUT2D eigenvalue weighted by molar-refractivity contribution is 7.80. The first kappa shape index (κ1) is 10.4. The zero-order valence-corrected chi connectivity index (χ0v) is 9.90. The summed E-state index contributed by atoms with van der Waals surface area (Å²) >= 11 is 5.33. The van der Waals surface area contributed by atoms with Gasteiger partial charge in [-0.05, 0) is 26.1 Å². The first-order chi connectivity index (χ1) is 7.16. The topological polar surface area (TPSA) is 44.0 Å². The molecule has 0 unspecified atom stereocenters. The molecule has 0 fully saturated rings. The van der Waals surface area contributed by atoms with Crippen LogP contribution in [0.15, 0.2) is 6.33 Å². The van der Waals surface area contributed by atoms with Crippen LogP contribution in [0.4, 0.5) is 0 Å². The summed E-state index contributed by atoms with van der Waals surface area (Å²) in [6.45, 7) is 5.97. The van der Waals surface area contributed by atoms with Crippen molar-refractivity contribution in [3.63, 3.8) is 0 Å². The Morgan fingerprint density at radius 1 is 1.67 bits per heavy atom. The van der Waals surface area contributed by atoms with Gasteiger partial charge in [-0.25, -0.2) is 4.98 Å². The molecule has 0 aliphatic carbocycles. The molecule has 0 aromatic carbocycles. The maximum absolute atomic E-state index is 5.33. The number of thiocarbonyl (C=S) groups is 1. The third-order valence-corrected chi connectivity index (χ3v) is 2.86. The Labute approximate surface area is 95.1 Å². The minimum Gasteiger partial charge on any atom is -0.360 e. The van der Waals surface area contributed by atoms with E-state index in [9.17, 15) is 0 Å². The van der Waals surface area contributed by atoms with Crippen molar-refractivity contribution < 1.29 is 0 Å². The van der Waals surface area contributed by atoms with Gasteiger partial charge in [0.15, 0.2) is 5.11 Å². The summed E-state index contributed by atoms with van der Waals surface area (Å²) < 4.78 is 0. The number of aromatic nitrogens is 2. The molecule has 82 valence electrons. The fourth-order valence-electron chi connectivity index (χ4n) is 1.72. The van der Waals surface area contributed by atoms with Crippen molar-refractivity contribution in [2.24, 2.45) is 0 Å². The van der Waals surface area contributed by atoms with Crippen LogP contribution in [0, 0.1) is 0 Å². The summed E-state index contributed by atoms with van der Waals surface area (Å²) in [5.41, 5.74) is 2.37. The van der Waals surface area contributed by atoms with Crippen molar-refractivity contribution in [2.75, 3.05) is 6.54 Å². The van der Waals surface area contributed by atoms with Gasteiger partial charge in [-0.3, -0.25) is 0 Å². The van der Waals surface area contributed by atoms with Gasteiger partial charge in [-0.1, -0.05) is 0 Å². The van der Waals surface area contributed by atoms with E-state index in [2.05, 4.69) is 34.0 Å². The van der Waals surface area contributed by atoms with Crippen molar-refractivity contribution in [1.82, 2.24) is 20.2 Å². The summed E-state index contributed by atoms with van der Waals surface area (Å²) in [5.74, 6) is 0. The van der Waals surface area contributed by atoms with E-state index in [1.54, 1.807) is 6.33 Å². The van der Waals surface area contributed by atoms with Gasteiger partial charge >= 0.3 is 0 Å². The molecule has 0 bridgehead atoms. The zero-order chi connectivity index (χ0) is 10.8. The second kappa shape index (κ2) is 4.18. The Morgan fingerprint density at radius 3 is 3.20 bits per heavy atom. The second-order valence-corrected chi connectivity index (χ2v) is 4.49. The third kappa shape index (κ3) is 2.28. The Hall–Kier alpha value is -1.10. The van der Waals surface area contributed by atoms with E-state index in [1.165, 1.54) is 5.69 Å². The SMILES string of the molecule is CC(C)NC(=S)N1CCc2[nH]cnc2C1. The molecule has 0 spiro atoms. The average Bonchev–Trinajstić information content (AvgIpc) is 2.62. The quantitative estimate of drug-likeness (QED) is 0.700. The van der Waals surface area contributed by atoms with Gasteiger partial charge in [0.05, 0.1) is 18.6 Å². The molecule has 0 amide bonds. The Bertz CT molecular complexity index is 358. The smallest absolute Gasteiger partial charge is 0.169 e. The molecule has 1 aliphatic rings. The summed E-state index contributed by atoms with van der Waals surface area (Å²) in [5, 5.41) is 4.09. The molecular weight excluding hydrogens is 208 g/mol. The van der Waals surface area contributed by atoms with E-state index in [0.717, 1.165) is 30.3 Å². The lowest BCUT2D eigenvalue weighted by Gasteiger charge is -2.29. The van der Waals surface area contributed by atoms with E-state index >= 15 is 0 Å². The minimum absolute atomic E-state index is 0.387. The molecule has 0 saturated carbocycles. The molecule has 15 heavy (non-hydrogen) atoms. The lowest BCUT2D eigenvalue weighted by molar-refractivity contribution is 0.377. The molecule has 0 atom stereocenters. The van der Waals surface area contributed by atoms with E-state index < -0.39 is 0 Å². The standard InChI is InChI=1S/C10H16N4S/c1-7(2)13-10(15)14-4-3-8-9(5-14)12-6-11-8/h6-7H,3-5H2,1-2H3,(H,11,12)(H,13,15). The Morgan fingerprint density at radius 2 is 2.47 bits per heavy atom. The number of hydrogen-bond donors (Lipinski definition) is 2. The first-order valence-electron chi connectivity index (χ1n) is 5.23. The van der Waals surface area contributed by atoms with Crippen molar-refractivity contribution in [3.8, 4) is 0 Å². The average molecular weight is 224 g/mol. The lowest BCUT2D eigenvalue weighted by Crippen LogP contribution is -2.44. The summed E-state index contributed by atoms with van der Waals surface area (Å²) in [6.07, 6.45) is 2.75. The van der Waals surface area contributed by atoms with Crippen LogP contribution < -0.4 is 5.32 Å². The van der Waals surface area contributed by atoms with Crippen molar-refractivity contribution in [1.29, 1.82) is 0 Å². The molecule has 2 N–H and O–H groups in total. The van der Waals surface area contributed by atoms with E-state index in [1.807, 2.05) is 0 Å². The summed E-state index contributed by atoms with van der Waals surface area (Å²) in [6, 6.07) is 0.387. The van der Waals surface area contributed by atoms with E-state index in [0.29, 0.717) is 6.04 Å². The Kier molecular flexibility index (Phi) is 2.90. The predicted molar refractivity (Wildman–Crippen MR) is 63.6 cm³/mol. The van der Waals surface area contributed by atoms with Crippen molar-refractivity contribution in [3.05, 3.63) is 17.7 Å². The molecule has 0 saturated heterocycles. The van der Waals surface area contributed by atoms with Crippen LogP contribution >= 0.6 is 12.2 Å². The first-order valence-corrected chi connectivity index (χ1v) is 5.64. The number of H-pyrrole nitrogens is 1. The molecule has 1 aromatic rings. The van der Waals surface area contributed by atoms with E-state index in [-0.39, 0.29) is 0 Å². The second-order valence-electron chi connectivity index (χ2n) is 4.10. The van der Waals surface area contributed by atoms with Crippen LogP contribution in [0.5, 0.6) is 0 Å². The summed E-state index contributed by atoms with van der Waals surface area (Å²) in [4.78, 5) is 9.61. The number of fused-ring (bicyclic) bond motifs is 1. The fourth-order valence-corrected chi connectivity index (χ4v) is 2.11. The van der Waals surface area contributed by atoms with Gasteiger partial charge in [0.25, 0.3) is 0 Å². The number of imidazole rings is 1. The molecule has 1 aliphatic heterocycles. The van der Waals surface area contributed by atoms with Crippen molar-refractivity contribution >= 4 is 17.3 Å². The number of hydrogen-bond acceptors (Lipinski definition) is 2. The van der Waals surface area contributed by atoms with Gasteiger partial charge in [-0.2, -0.15) is 0 Å². The third-order valence-electron chi connectivity index (χ3n) is 2.48. The van der Waals surface area contributed by atoms with Crippen LogP contribution in [0.1, 0.15) is 25.2 Å². The fraction of sp³-hybridized carbons (Fsp3) is 0.600. The van der Waals surface area contributed by atoms with Crippen molar-refractivity contribution in [2.45, 2.75) is 32.9 Å². The van der Waals surface area contributed by atoms with Gasteiger partial charge < -0.3 is 15.2 Å². The molecule has 2 heterocycles. The van der Waals surface area contributed by atoms with Gasteiger partial charge in [-0.15, -0.1) is 0 Å². The monoisotopic (exact) mass is 224 g/mol. The maximum Gasteiger partial charge on any atom is 0.169 e. The highest BCUT2D eigenvalue weighted by atomic mass is 32.1. The lowest BCUT2D eigenvalue weighted by atomic mass is 10.1. The number of nitrogens with zero attached hydrogens (tertiary/aromatic N) is 2. The molecule has 4 nitrogen and oxygen atoms in total. The summed E-state index contributed by atoms with van der Waals surface area (Å²) in [7, 11) is 0. The number of rotatable bonds is 1. The maximum atomic E-state index is 5.33. The minimum atomic E-state index is 0.387. The van der Waals surface area contributed by atoms with Gasteiger partial charge in [0, 0.05) is 24.7 Å². The zero-order valence-electron chi connectivity index (χ0n) is 9.08. The van der Waals surface area contributed by atoms with Gasteiger partial charge in [0.1, 0.15) is 0 Å². The number of nitrogens with one attached hydrogen (secondary N) is 2. The normalized spacial score (nSPS) is 15.3. The van der Waals surface area contributed by atoms with Gasteiger partial charge in [0.2, 0.25) is 0 Å². The highest BCUT2D eigenvalue weighted by Crippen LogP contribution is 2.14. The number of aromatic amines is 1. The Balaban J connectivity index is 2.00. The highest BCUT2D eigenvalue weighted by Gasteiger charge is 2.20. The van der Waals surface area contributed by atoms with E-state index in [4.69, 9.17) is 12.2 Å². The predicted octanol–water partition coefficient (Wildman–Crippen LogP) is 1.05. The van der Waals surface area contributed by atoms with Crippen LogP contribution in [-0.4, -0.2) is 32.6 Å².